The highest BCUT2D eigenvalue weighted by atomic mass is 32.1. The second-order valence-electron chi connectivity index (χ2n) is 7.63. The first-order valence-electron chi connectivity index (χ1n) is 11.0. The molecule has 0 fully saturated rings. The maximum absolute atomic E-state index is 12.9. The molecule has 0 saturated carbocycles. The van der Waals surface area contributed by atoms with Crippen molar-refractivity contribution in [1.82, 2.24) is 14.6 Å². The van der Waals surface area contributed by atoms with Crippen LogP contribution < -0.4 is 24.3 Å². The van der Waals surface area contributed by atoms with Crippen LogP contribution in [0.25, 0.3) is 22.4 Å². The second kappa shape index (κ2) is 10.5. The summed E-state index contributed by atoms with van der Waals surface area (Å²) >= 11 is 1.25. The lowest BCUT2D eigenvalue weighted by molar-refractivity contribution is -0.132. The molecule has 4 rings (SSSR count). The Morgan fingerprint density at radius 2 is 1.91 bits per heavy atom. The first-order chi connectivity index (χ1) is 16.5. The van der Waals surface area contributed by atoms with Gasteiger partial charge in [-0.15, -0.1) is 5.10 Å². The average molecular weight is 480 g/mol. The van der Waals surface area contributed by atoms with Gasteiger partial charge < -0.3 is 14.2 Å². The Morgan fingerprint density at radius 1 is 1.12 bits per heavy atom. The summed E-state index contributed by atoms with van der Waals surface area (Å²) in [6.07, 6.45) is 5.07. The maximum atomic E-state index is 12.9. The van der Waals surface area contributed by atoms with E-state index in [2.05, 4.69) is 17.0 Å². The van der Waals surface area contributed by atoms with Crippen molar-refractivity contribution in [3.8, 4) is 28.6 Å². The van der Waals surface area contributed by atoms with Crippen molar-refractivity contribution < 1.29 is 19.0 Å². The fraction of sp³-hybridized carbons (Fsp3) is 0.280. The number of aromatic nitrogens is 3. The van der Waals surface area contributed by atoms with E-state index in [0.29, 0.717) is 33.4 Å². The number of hydrogen-bond acceptors (Lipinski definition) is 8. The topological polar surface area (TPSA) is 92.0 Å². The molecule has 0 bridgehead atoms. The molecular formula is C25H25N3O5S. The van der Waals surface area contributed by atoms with E-state index in [1.807, 2.05) is 24.3 Å². The van der Waals surface area contributed by atoms with Gasteiger partial charge in [-0.25, -0.2) is 0 Å². The van der Waals surface area contributed by atoms with Crippen molar-refractivity contribution in [2.24, 2.45) is 0 Å². The van der Waals surface area contributed by atoms with Crippen LogP contribution >= 0.6 is 11.3 Å². The van der Waals surface area contributed by atoms with Crippen LogP contribution in [0.2, 0.25) is 0 Å². The maximum Gasteiger partial charge on any atom is 0.308 e. The number of unbranched alkanes of at least 4 members (excludes halogenated alkanes) is 2. The van der Waals surface area contributed by atoms with E-state index in [9.17, 15) is 9.59 Å². The number of ether oxygens (including phenoxy) is 3. The molecule has 2 heterocycles. The van der Waals surface area contributed by atoms with Gasteiger partial charge >= 0.3 is 5.97 Å². The number of fused-ring (bicyclic) bond motifs is 1. The molecule has 0 radical (unpaired) electrons. The lowest BCUT2D eigenvalue weighted by Crippen LogP contribution is -2.23. The minimum Gasteiger partial charge on any atom is -0.494 e. The zero-order chi connectivity index (χ0) is 24.1. The molecule has 0 aliphatic carbocycles. The van der Waals surface area contributed by atoms with Crippen molar-refractivity contribution in [2.75, 3.05) is 13.7 Å². The smallest absolute Gasteiger partial charge is 0.308 e. The van der Waals surface area contributed by atoms with Crippen LogP contribution in [-0.4, -0.2) is 34.3 Å². The average Bonchev–Trinajstić information content (AvgIpc) is 3.37. The van der Waals surface area contributed by atoms with Crippen molar-refractivity contribution in [3.05, 3.63) is 62.9 Å². The molecule has 4 aromatic rings. The van der Waals surface area contributed by atoms with Crippen molar-refractivity contribution in [2.45, 2.75) is 33.1 Å². The van der Waals surface area contributed by atoms with E-state index in [1.165, 1.54) is 29.9 Å². The molecule has 0 saturated heterocycles. The molecule has 0 N–H and O–H groups in total. The lowest BCUT2D eigenvalue weighted by Gasteiger charge is -2.08. The van der Waals surface area contributed by atoms with Gasteiger partial charge in [-0.1, -0.05) is 37.2 Å². The van der Waals surface area contributed by atoms with Crippen molar-refractivity contribution in [1.29, 1.82) is 0 Å². The Hall–Kier alpha value is -3.72. The summed E-state index contributed by atoms with van der Waals surface area (Å²) in [6, 6.07) is 12.6. The third-order valence-electron chi connectivity index (χ3n) is 5.05. The van der Waals surface area contributed by atoms with Gasteiger partial charge in [-0.05, 0) is 54.5 Å². The van der Waals surface area contributed by atoms with Gasteiger partial charge in [0.15, 0.2) is 17.3 Å². The van der Waals surface area contributed by atoms with E-state index >= 15 is 0 Å². The summed E-state index contributed by atoms with van der Waals surface area (Å²) in [5, 5.41) is 4.40. The molecule has 0 aliphatic rings. The number of rotatable bonds is 9. The van der Waals surface area contributed by atoms with Crippen molar-refractivity contribution >= 4 is 28.3 Å². The molecule has 0 aliphatic heterocycles. The number of carbonyl (C=O) groups excluding carboxylic acids is 1. The third-order valence-corrected chi connectivity index (χ3v) is 6.01. The molecule has 0 atom stereocenters. The van der Waals surface area contributed by atoms with Gasteiger partial charge in [-0.2, -0.15) is 9.50 Å². The fourth-order valence-corrected chi connectivity index (χ4v) is 4.27. The number of benzene rings is 2. The van der Waals surface area contributed by atoms with Gasteiger partial charge in [0.1, 0.15) is 5.75 Å². The third kappa shape index (κ3) is 5.26. The van der Waals surface area contributed by atoms with E-state index in [4.69, 9.17) is 14.2 Å². The lowest BCUT2D eigenvalue weighted by atomic mass is 10.2. The number of methoxy groups -OCH3 is 1. The Bertz CT molecular complexity index is 1410. The van der Waals surface area contributed by atoms with Crippen LogP contribution in [0.5, 0.6) is 17.2 Å². The zero-order valence-corrected chi connectivity index (χ0v) is 20.1. The molecule has 9 heteroatoms. The number of esters is 1. The van der Waals surface area contributed by atoms with E-state index in [1.54, 1.807) is 24.3 Å². The van der Waals surface area contributed by atoms with Crippen LogP contribution in [-0.2, 0) is 4.79 Å². The summed E-state index contributed by atoms with van der Waals surface area (Å²) < 4.78 is 18.0. The molecule has 2 aromatic carbocycles. The highest BCUT2D eigenvalue weighted by molar-refractivity contribution is 7.15. The van der Waals surface area contributed by atoms with Crippen LogP contribution in [0.15, 0.2) is 47.3 Å². The summed E-state index contributed by atoms with van der Waals surface area (Å²) in [4.78, 5) is 29.2. The largest absolute Gasteiger partial charge is 0.494 e. The van der Waals surface area contributed by atoms with E-state index in [-0.39, 0.29) is 5.56 Å². The first kappa shape index (κ1) is 23.4. The van der Waals surface area contributed by atoms with Gasteiger partial charge in [0, 0.05) is 12.5 Å². The fourth-order valence-electron chi connectivity index (χ4n) is 3.36. The molecule has 2 aromatic heterocycles. The Labute approximate surface area is 200 Å². The quantitative estimate of drug-likeness (QED) is 0.204. The zero-order valence-electron chi connectivity index (χ0n) is 19.2. The highest BCUT2D eigenvalue weighted by Crippen LogP contribution is 2.28. The van der Waals surface area contributed by atoms with Crippen LogP contribution in [0, 0.1) is 0 Å². The summed E-state index contributed by atoms with van der Waals surface area (Å²) in [5.74, 6) is 1.57. The number of carbonyl (C=O) groups is 1. The number of hydrogen-bond donors (Lipinski definition) is 0. The minimum absolute atomic E-state index is 0.252. The molecule has 0 amide bonds. The van der Waals surface area contributed by atoms with Gasteiger partial charge in [0.25, 0.3) is 5.56 Å². The standard InChI is InChI=1S/C25H25N3O5S/c1-4-5-6-13-32-19-10-8-18(9-11-19)23-26-25-28(27-23)24(30)22(34-25)15-17-7-12-20(33-16(2)29)21(14-17)31-3/h7-12,14-15H,4-6,13H2,1-3H3/b22-15-. The highest BCUT2D eigenvalue weighted by Gasteiger charge is 2.13. The Balaban J connectivity index is 1.56. The molecule has 34 heavy (non-hydrogen) atoms. The van der Waals surface area contributed by atoms with Crippen LogP contribution in [0.4, 0.5) is 0 Å². The molecule has 0 spiro atoms. The summed E-state index contributed by atoms with van der Waals surface area (Å²) in [5.41, 5.74) is 1.29. The molecule has 0 unspecified atom stereocenters. The monoisotopic (exact) mass is 479 g/mol. The van der Waals surface area contributed by atoms with E-state index in [0.717, 1.165) is 36.1 Å². The van der Waals surface area contributed by atoms with E-state index < -0.39 is 5.97 Å². The molecular weight excluding hydrogens is 454 g/mol. The Kier molecular flexibility index (Phi) is 7.22. The molecule has 8 nitrogen and oxygen atoms in total. The van der Waals surface area contributed by atoms with Crippen LogP contribution in [0.1, 0.15) is 38.7 Å². The normalized spacial score (nSPS) is 11.7. The van der Waals surface area contributed by atoms with Crippen LogP contribution in [0.3, 0.4) is 0 Å². The second-order valence-corrected chi connectivity index (χ2v) is 8.64. The predicted octanol–water partition coefficient (Wildman–Crippen LogP) is 3.87. The van der Waals surface area contributed by atoms with Crippen molar-refractivity contribution in [3.63, 3.8) is 0 Å². The summed E-state index contributed by atoms with van der Waals surface area (Å²) in [6.45, 7) is 4.18. The minimum atomic E-state index is -0.438. The van der Waals surface area contributed by atoms with Gasteiger partial charge in [0.2, 0.25) is 4.96 Å². The van der Waals surface area contributed by atoms with Gasteiger partial charge in [0.05, 0.1) is 18.2 Å². The Morgan fingerprint density at radius 3 is 2.59 bits per heavy atom. The first-order valence-corrected chi connectivity index (χ1v) is 11.8. The number of thiazole rings is 1. The van der Waals surface area contributed by atoms with Gasteiger partial charge in [-0.3, -0.25) is 9.59 Å². The summed E-state index contributed by atoms with van der Waals surface area (Å²) in [7, 11) is 1.49. The molecule has 176 valence electrons. The number of nitrogens with zero attached hydrogens (tertiary/aromatic N) is 3. The predicted molar refractivity (Wildman–Crippen MR) is 131 cm³/mol. The SMILES string of the molecule is CCCCCOc1ccc(-c2nc3s/c(=C\c4ccc(OC(C)=O)c(OC)c4)c(=O)n3n2)cc1.